The molecule has 0 radical (unpaired) electrons. The zero-order valence-electron chi connectivity index (χ0n) is 11.6. The fourth-order valence-electron chi connectivity index (χ4n) is 1.69. The lowest BCUT2D eigenvalue weighted by Gasteiger charge is -2.14. The normalized spacial score (nSPS) is 13.4. The number of nitrogens with one attached hydrogen (secondary N) is 2. The average molecular weight is 286 g/mol. The van der Waals surface area contributed by atoms with Gasteiger partial charge in [0.1, 0.15) is 0 Å². The maximum atomic E-state index is 12.2. The molecule has 1 rings (SSSR count). The molecule has 0 saturated heterocycles. The Bertz CT molecular complexity index is 488. The molecule has 0 heterocycles. The predicted octanol–water partition coefficient (Wildman–Crippen LogP) is 1.11. The highest BCUT2D eigenvalue weighted by Crippen LogP contribution is 2.12. The average Bonchev–Trinajstić information content (AvgIpc) is 2.36. The van der Waals surface area contributed by atoms with Crippen LogP contribution in [0.5, 0.6) is 0 Å². The summed E-state index contributed by atoms with van der Waals surface area (Å²) in [6.07, 6.45) is 0. The Morgan fingerprint density at radius 2 is 2.11 bits per heavy atom. The van der Waals surface area contributed by atoms with Crippen molar-refractivity contribution in [1.29, 1.82) is 0 Å². The summed E-state index contributed by atoms with van der Waals surface area (Å²) in [4.78, 5) is 0.281. The van der Waals surface area contributed by atoms with Crippen molar-refractivity contribution in [3.8, 4) is 0 Å². The van der Waals surface area contributed by atoms with Gasteiger partial charge in [0, 0.05) is 19.2 Å². The summed E-state index contributed by atoms with van der Waals surface area (Å²) in [5.74, 6) is 0. The third kappa shape index (κ3) is 5.28. The number of ether oxygens (including phenoxy) is 1. The highest BCUT2D eigenvalue weighted by molar-refractivity contribution is 7.89. The molecule has 0 saturated carbocycles. The molecule has 0 aromatic heterocycles. The zero-order valence-corrected chi connectivity index (χ0v) is 12.5. The Balaban J connectivity index is 2.79. The number of rotatable bonds is 8. The van der Waals surface area contributed by atoms with Gasteiger partial charge in [0.25, 0.3) is 0 Å². The van der Waals surface area contributed by atoms with Crippen LogP contribution in [0.25, 0.3) is 0 Å². The molecule has 2 N–H and O–H groups in total. The Hall–Kier alpha value is -0.950. The van der Waals surface area contributed by atoms with E-state index in [0.717, 1.165) is 5.56 Å². The molecule has 0 fully saturated rings. The van der Waals surface area contributed by atoms with Crippen LogP contribution in [-0.2, 0) is 21.3 Å². The maximum Gasteiger partial charge on any atom is 0.240 e. The Morgan fingerprint density at radius 1 is 1.37 bits per heavy atom. The van der Waals surface area contributed by atoms with Crippen molar-refractivity contribution in [3.63, 3.8) is 0 Å². The van der Waals surface area contributed by atoms with Gasteiger partial charge in [0.05, 0.1) is 11.5 Å². The smallest absolute Gasteiger partial charge is 0.240 e. The van der Waals surface area contributed by atoms with E-state index in [4.69, 9.17) is 4.74 Å². The molecule has 6 heteroatoms. The molecule has 0 bridgehead atoms. The fraction of sp³-hybridized carbons (Fsp3) is 0.538. The van der Waals surface area contributed by atoms with Gasteiger partial charge >= 0.3 is 0 Å². The number of hydrogen-bond acceptors (Lipinski definition) is 4. The van der Waals surface area contributed by atoms with Crippen molar-refractivity contribution >= 4 is 10.0 Å². The van der Waals surface area contributed by atoms with Crippen LogP contribution in [0.3, 0.4) is 0 Å². The first-order valence-corrected chi connectivity index (χ1v) is 7.81. The van der Waals surface area contributed by atoms with Crippen LogP contribution in [-0.4, -0.2) is 34.7 Å². The second kappa shape index (κ2) is 7.59. The fourth-order valence-corrected chi connectivity index (χ4v) is 2.99. The van der Waals surface area contributed by atoms with Crippen molar-refractivity contribution in [2.45, 2.75) is 31.3 Å². The monoisotopic (exact) mass is 286 g/mol. The Kier molecular flexibility index (Phi) is 6.44. The van der Waals surface area contributed by atoms with Crippen LogP contribution in [0.4, 0.5) is 0 Å². The molecule has 1 aromatic carbocycles. The van der Waals surface area contributed by atoms with Crippen molar-refractivity contribution in [3.05, 3.63) is 29.8 Å². The molecule has 0 aliphatic rings. The summed E-state index contributed by atoms with van der Waals surface area (Å²) >= 11 is 0. The van der Waals surface area contributed by atoms with Gasteiger partial charge < -0.3 is 10.1 Å². The first-order valence-electron chi connectivity index (χ1n) is 6.33. The van der Waals surface area contributed by atoms with Crippen LogP contribution >= 0.6 is 0 Å². The molecule has 0 aliphatic carbocycles. The molecule has 0 aliphatic heterocycles. The summed E-state index contributed by atoms with van der Waals surface area (Å²) in [6, 6.07) is 6.65. The molecular weight excluding hydrogens is 264 g/mol. The first kappa shape index (κ1) is 16.1. The predicted molar refractivity (Wildman–Crippen MR) is 75.5 cm³/mol. The summed E-state index contributed by atoms with van der Waals surface area (Å²) in [5, 5.41) is 3.00. The van der Waals surface area contributed by atoms with E-state index >= 15 is 0 Å². The second-order valence-corrected chi connectivity index (χ2v) is 6.07. The summed E-state index contributed by atoms with van der Waals surface area (Å²) in [5.41, 5.74) is 0.933. The van der Waals surface area contributed by atoms with Gasteiger partial charge in [-0.1, -0.05) is 12.1 Å². The van der Waals surface area contributed by atoms with E-state index in [0.29, 0.717) is 19.8 Å². The van der Waals surface area contributed by atoms with E-state index < -0.39 is 10.0 Å². The lowest BCUT2D eigenvalue weighted by atomic mass is 10.2. The van der Waals surface area contributed by atoms with Crippen LogP contribution in [0.1, 0.15) is 19.4 Å². The lowest BCUT2D eigenvalue weighted by molar-refractivity contribution is 0.133. The van der Waals surface area contributed by atoms with Crippen molar-refractivity contribution < 1.29 is 13.2 Å². The van der Waals surface area contributed by atoms with Gasteiger partial charge in [-0.3, -0.25) is 0 Å². The van der Waals surface area contributed by atoms with Crippen LogP contribution in [0.15, 0.2) is 29.2 Å². The van der Waals surface area contributed by atoms with Gasteiger partial charge in [0.2, 0.25) is 10.0 Å². The minimum absolute atomic E-state index is 0.252. The lowest BCUT2D eigenvalue weighted by Crippen LogP contribution is -2.35. The van der Waals surface area contributed by atoms with Crippen LogP contribution in [0.2, 0.25) is 0 Å². The van der Waals surface area contributed by atoms with E-state index in [2.05, 4.69) is 10.0 Å². The molecule has 1 atom stereocenters. The SMILES string of the molecule is CCOCC(C)NS(=O)(=O)c1cccc(CNC)c1. The molecule has 5 nitrogen and oxygen atoms in total. The van der Waals surface area contributed by atoms with E-state index in [-0.39, 0.29) is 10.9 Å². The zero-order chi connectivity index (χ0) is 14.3. The topological polar surface area (TPSA) is 67.4 Å². The van der Waals surface area contributed by atoms with E-state index in [9.17, 15) is 8.42 Å². The summed E-state index contributed by atoms with van der Waals surface area (Å²) < 4.78 is 32.2. The first-order chi connectivity index (χ1) is 8.99. The third-order valence-electron chi connectivity index (χ3n) is 2.52. The van der Waals surface area contributed by atoms with Gasteiger partial charge in [-0.25, -0.2) is 13.1 Å². The molecule has 0 spiro atoms. The minimum atomic E-state index is -3.49. The van der Waals surface area contributed by atoms with E-state index in [1.54, 1.807) is 25.1 Å². The second-order valence-electron chi connectivity index (χ2n) is 4.36. The van der Waals surface area contributed by atoms with Gasteiger partial charge in [-0.15, -0.1) is 0 Å². The Morgan fingerprint density at radius 3 is 2.74 bits per heavy atom. The molecule has 1 unspecified atom stereocenters. The molecule has 19 heavy (non-hydrogen) atoms. The number of benzene rings is 1. The highest BCUT2D eigenvalue weighted by Gasteiger charge is 2.17. The molecule has 108 valence electrons. The van der Waals surface area contributed by atoms with E-state index in [1.807, 2.05) is 20.0 Å². The summed E-state index contributed by atoms with van der Waals surface area (Å²) in [6.45, 7) is 5.24. The third-order valence-corrected chi connectivity index (χ3v) is 4.11. The quantitative estimate of drug-likeness (QED) is 0.751. The molecular formula is C13H22N2O3S. The van der Waals surface area contributed by atoms with Crippen molar-refractivity contribution in [1.82, 2.24) is 10.0 Å². The van der Waals surface area contributed by atoms with Crippen LogP contribution < -0.4 is 10.0 Å². The van der Waals surface area contributed by atoms with Crippen molar-refractivity contribution in [2.24, 2.45) is 0 Å². The van der Waals surface area contributed by atoms with Gasteiger partial charge in [0.15, 0.2) is 0 Å². The van der Waals surface area contributed by atoms with Crippen LogP contribution in [0, 0.1) is 0 Å². The number of hydrogen-bond donors (Lipinski definition) is 2. The summed E-state index contributed by atoms with van der Waals surface area (Å²) in [7, 11) is -1.67. The van der Waals surface area contributed by atoms with Gasteiger partial charge in [-0.05, 0) is 38.6 Å². The highest BCUT2D eigenvalue weighted by atomic mass is 32.2. The van der Waals surface area contributed by atoms with Crippen molar-refractivity contribution in [2.75, 3.05) is 20.3 Å². The molecule has 1 aromatic rings. The largest absolute Gasteiger partial charge is 0.380 e. The Labute approximate surface area is 115 Å². The standard InChI is InChI=1S/C13H22N2O3S/c1-4-18-10-11(2)15-19(16,17)13-7-5-6-12(8-13)9-14-3/h5-8,11,14-15H,4,9-10H2,1-3H3. The van der Waals surface area contributed by atoms with Gasteiger partial charge in [-0.2, -0.15) is 0 Å². The maximum absolute atomic E-state index is 12.2. The van der Waals surface area contributed by atoms with E-state index in [1.165, 1.54) is 0 Å². The number of sulfonamides is 1. The molecule has 0 amide bonds. The minimum Gasteiger partial charge on any atom is -0.380 e.